The van der Waals surface area contributed by atoms with Crippen molar-refractivity contribution in [1.82, 2.24) is 56.0 Å². The van der Waals surface area contributed by atoms with Crippen molar-refractivity contribution in [3.05, 3.63) is 12.2 Å². The van der Waals surface area contributed by atoms with E-state index in [1.165, 1.54) is 75.7 Å². The number of amides is 11. The lowest BCUT2D eigenvalue weighted by Crippen LogP contribution is -2.63. The lowest BCUT2D eigenvalue weighted by Gasteiger charge is -2.41. The van der Waals surface area contributed by atoms with Gasteiger partial charge in [0.1, 0.15) is 60.4 Å². The molecule has 1 fully saturated rings. The molecule has 0 aromatic heterocycles. The van der Waals surface area contributed by atoms with Gasteiger partial charge in [0.25, 0.3) is 0 Å². The lowest BCUT2D eigenvalue weighted by atomic mass is 9.91. The summed E-state index contributed by atoms with van der Waals surface area (Å²) in [5.41, 5.74) is 0. The molecule has 11 amide bonds. The summed E-state index contributed by atoms with van der Waals surface area (Å²) in [5, 5.41) is 25.7. The molecule has 1 aliphatic rings. The third-order valence-electron chi connectivity index (χ3n) is 16.0. The molecule has 84 heavy (non-hydrogen) atoms. The number of rotatable bonds is 15. The Kier molecular flexibility index (Phi) is 31.4. The highest BCUT2D eigenvalue weighted by Crippen LogP contribution is 2.25. The minimum absolute atomic E-state index is 0.0200. The summed E-state index contributed by atoms with van der Waals surface area (Å²) in [4.78, 5) is 166. The molecule has 1 rings (SSSR count). The van der Waals surface area contributed by atoms with Crippen molar-refractivity contribution in [3.8, 4) is 0 Å². The summed E-state index contributed by atoms with van der Waals surface area (Å²) >= 11 is 0. The van der Waals surface area contributed by atoms with Gasteiger partial charge in [-0.25, -0.2) is 0 Å². The molecule has 480 valence electrons. The molecule has 0 radical (unpaired) electrons. The van der Waals surface area contributed by atoms with Crippen LogP contribution in [0.15, 0.2) is 12.2 Å². The van der Waals surface area contributed by atoms with E-state index in [-0.39, 0.29) is 43.4 Å². The first-order valence-electron chi connectivity index (χ1n) is 30.2. The minimum atomic E-state index is -1.61. The van der Waals surface area contributed by atoms with Gasteiger partial charge < -0.3 is 61.1 Å². The second-order valence-electron chi connectivity index (χ2n) is 25.4. The second-order valence-corrected chi connectivity index (χ2v) is 25.4. The molecule has 0 spiro atoms. The van der Waals surface area contributed by atoms with Gasteiger partial charge in [-0.1, -0.05) is 116 Å². The molecular formula is C61H109N11O12. The SMILES string of the molecule is C/C=C/C[C@@H](C)[C@@H](O)[C@H]1C(=O)N[C@@H](CC)C(=O)N(C)CC(=O)N[C@@H]([C@@H](C)CC)C(=O)N[C@H](C(C)C)C(=O)N(C)[C@H](CC(C)C)C(=O)N[C@@H](C)C(=O)N[C@H](C)C(=O)N(C)[C@@H](CC(C)C)C(=O)N(C)[C@@H](CC(C)C)C(=O)N(C)[C@@H](C(C)C)C(=O)N1C. The van der Waals surface area contributed by atoms with E-state index in [9.17, 15) is 48.3 Å². The van der Waals surface area contributed by atoms with Crippen molar-refractivity contribution in [2.45, 2.75) is 223 Å². The number of likely N-dealkylation sites (N-methyl/N-ethyl adjacent to an activating group) is 6. The van der Waals surface area contributed by atoms with Crippen molar-refractivity contribution < 1.29 is 57.8 Å². The predicted molar refractivity (Wildman–Crippen MR) is 324 cm³/mol. The van der Waals surface area contributed by atoms with Crippen molar-refractivity contribution in [2.24, 2.45) is 41.4 Å². The van der Waals surface area contributed by atoms with Crippen LogP contribution in [0.5, 0.6) is 0 Å². The quantitative estimate of drug-likeness (QED) is 0.129. The fourth-order valence-corrected chi connectivity index (χ4v) is 10.4. The van der Waals surface area contributed by atoms with Gasteiger partial charge >= 0.3 is 0 Å². The van der Waals surface area contributed by atoms with E-state index in [1.54, 1.807) is 67.5 Å². The van der Waals surface area contributed by atoms with Crippen LogP contribution in [0, 0.1) is 41.4 Å². The molecule has 1 aliphatic heterocycles. The Bertz CT molecular complexity index is 2290. The van der Waals surface area contributed by atoms with E-state index in [0.717, 1.165) is 9.80 Å². The molecule has 0 unspecified atom stereocenters. The number of nitrogens with zero attached hydrogens (tertiary/aromatic N) is 6. The summed E-state index contributed by atoms with van der Waals surface area (Å²) in [6, 6.07) is -12.4. The standard InChI is InChI=1S/C61H109N11O12/c1-24-27-28-39(15)51(74)50-55(78)64-42(26-3)57(80)67(18)32-46(73)65-48(38(14)25-2)54(77)66-47(36(10)11)60(83)68(19)43(29-33(4)5)53(76)62-40(16)52(75)63-41(17)56(79)69(20)44(30-34(6)7)58(81)70(21)45(31-35(8)9)59(82)71(22)49(37(12)13)61(84)72(50)23/h24,27,33-45,47-51,74H,25-26,28-32H2,1-23H3,(H,62,76)(H,63,75)(H,64,78)(H,65,73)(H,66,77)/b27-24+/t38-,39+,40-,41+,42-,43+,44-,45-,47+,48-,49-,50-,51+/m0/s1. The van der Waals surface area contributed by atoms with Gasteiger partial charge in [-0.15, -0.1) is 0 Å². The first-order valence-corrected chi connectivity index (χ1v) is 30.2. The highest BCUT2D eigenvalue weighted by Gasteiger charge is 2.45. The molecule has 1 heterocycles. The van der Waals surface area contributed by atoms with Crippen molar-refractivity contribution >= 4 is 65.0 Å². The van der Waals surface area contributed by atoms with Gasteiger partial charge in [0.15, 0.2) is 0 Å². The average Bonchev–Trinajstić information content (AvgIpc) is 3.53. The number of aliphatic hydroxyl groups is 1. The van der Waals surface area contributed by atoms with Crippen LogP contribution < -0.4 is 26.6 Å². The number of hydrogen-bond acceptors (Lipinski definition) is 12. The summed E-state index contributed by atoms with van der Waals surface area (Å²) in [5.74, 6) is -10.2. The van der Waals surface area contributed by atoms with Crippen LogP contribution in [0.2, 0.25) is 0 Å². The van der Waals surface area contributed by atoms with E-state index < -0.39 is 162 Å². The Balaban J connectivity index is 4.28. The second kappa shape index (κ2) is 34.7. The third kappa shape index (κ3) is 21.1. The number of aliphatic hydroxyl groups excluding tert-OH is 1. The number of carbonyl (C=O) groups is 11. The van der Waals surface area contributed by atoms with Gasteiger partial charge in [-0.2, -0.15) is 0 Å². The first-order chi connectivity index (χ1) is 38.8. The van der Waals surface area contributed by atoms with Crippen LogP contribution in [-0.4, -0.2) is 215 Å². The first kappa shape index (κ1) is 75.9. The summed E-state index contributed by atoms with van der Waals surface area (Å²) in [6.45, 7) is 29.1. The van der Waals surface area contributed by atoms with Gasteiger partial charge in [0.2, 0.25) is 65.0 Å². The number of carbonyl (C=O) groups excluding carboxylic acids is 11. The predicted octanol–water partition coefficient (Wildman–Crippen LogP) is 2.93. The monoisotopic (exact) mass is 1190 g/mol. The molecule has 23 nitrogen and oxygen atoms in total. The van der Waals surface area contributed by atoms with E-state index >= 15 is 9.59 Å². The van der Waals surface area contributed by atoms with Gasteiger partial charge in [-0.3, -0.25) is 52.7 Å². The largest absolute Gasteiger partial charge is 0.390 e. The molecule has 0 bridgehead atoms. The Morgan fingerprint density at radius 3 is 1.42 bits per heavy atom. The smallest absolute Gasteiger partial charge is 0.246 e. The molecule has 1 saturated heterocycles. The number of allylic oxidation sites excluding steroid dienone is 2. The van der Waals surface area contributed by atoms with Gasteiger partial charge in [0, 0.05) is 42.3 Å². The van der Waals surface area contributed by atoms with Crippen LogP contribution in [0.25, 0.3) is 0 Å². The van der Waals surface area contributed by atoms with Gasteiger partial charge in [0.05, 0.1) is 12.6 Å². The summed E-state index contributed by atoms with van der Waals surface area (Å²) < 4.78 is 0. The Morgan fingerprint density at radius 2 is 0.952 bits per heavy atom. The van der Waals surface area contributed by atoms with E-state index in [1.807, 2.05) is 48.5 Å². The zero-order valence-electron chi connectivity index (χ0n) is 55.1. The van der Waals surface area contributed by atoms with E-state index in [0.29, 0.717) is 12.8 Å². The lowest BCUT2D eigenvalue weighted by molar-refractivity contribution is -0.157. The van der Waals surface area contributed by atoms with Crippen molar-refractivity contribution in [2.75, 3.05) is 48.8 Å². The summed E-state index contributed by atoms with van der Waals surface area (Å²) in [6.07, 6.45) is 3.29. The fourth-order valence-electron chi connectivity index (χ4n) is 10.4. The van der Waals surface area contributed by atoms with Gasteiger partial charge in [-0.05, 0) is 94.3 Å². The van der Waals surface area contributed by atoms with Crippen LogP contribution >= 0.6 is 0 Å². The molecule has 6 N–H and O–H groups in total. The van der Waals surface area contributed by atoms with Crippen molar-refractivity contribution in [1.29, 1.82) is 0 Å². The molecule has 0 aromatic rings. The molecule has 0 saturated carbocycles. The number of nitrogens with one attached hydrogen (secondary N) is 5. The summed E-state index contributed by atoms with van der Waals surface area (Å²) in [7, 11) is 8.46. The normalized spacial score (nSPS) is 27.3. The molecule has 0 aliphatic carbocycles. The molecule has 0 aromatic carbocycles. The van der Waals surface area contributed by atoms with E-state index in [4.69, 9.17) is 0 Å². The van der Waals surface area contributed by atoms with Crippen LogP contribution in [0.4, 0.5) is 0 Å². The Morgan fingerprint density at radius 1 is 0.488 bits per heavy atom. The number of hydrogen-bond donors (Lipinski definition) is 6. The van der Waals surface area contributed by atoms with Crippen LogP contribution in [0.3, 0.4) is 0 Å². The molecule has 13 atom stereocenters. The van der Waals surface area contributed by atoms with Crippen molar-refractivity contribution in [3.63, 3.8) is 0 Å². The third-order valence-corrected chi connectivity index (χ3v) is 16.0. The maximum atomic E-state index is 15.1. The van der Waals surface area contributed by atoms with Crippen LogP contribution in [0.1, 0.15) is 156 Å². The fraction of sp³-hybridized carbons (Fsp3) is 0.787. The van der Waals surface area contributed by atoms with Crippen LogP contribution in [-0.2, 0) is 52.7 Å². The minimum Gasteiger partial charge on any atom is -0.390 e. The highest BCUT2D eigenvalue weighted by molar-refractivity contribution is 5.99. The highest BCUT2D eigenvalue weighted by atomic mass is 16.3. The Labute approximate surface area is 502 Å². The maximum absolute atomic E-state index is 15.1. The zero-order chi connectivity index (χ0) is 65.1. The van der Waals surface area contributed by atoms with E-state index in [2.05, 4.69) is 26.6 Å². The Hall–Kier alpha value is -6.13. The zero-order valence-corrected chi connectivity index (χ0v) is 55.1. The molecular weight excluding hydrogens is 1080 g/mol. The maximum Gasteiger partial charge on any atom is 0.246 e. The average molecular weight is 1190 g/mol. The topological polar surface area (TPSA) is 288 Å². The molecule has 23 heteroatoms.